The van der Waals surface area contributed by atoms with Gasteiger partial charge in [-0.1, -0.05) is 25.1 Å². The van der Waals surface area contributed by atoms with Crippen LogP contribution in [-0.2, 0) is 11.2 Å². The lowest BCUT2D eigenvalue weighted by molar-refractivity contribution is -0.114. The Hall–Kier alpha value is -2.95. The predicted molar refractivity (Wildman–Crippen MR) is 107 cm³/mol. The maximum absolute atomic E-state index is 12.9. The minimum absolute atomic E-state index is 0.0391. The molecule has 1 unspecified atom stereocenters. The summed E-state index contributed by atoms with van der Waals surface area (Å²) in [4.78, 5) is 14.7. The van der Waals surface area contributed by atoms with Crippen molar-refractivity contribution < 1.29 is 19.0 Å². The van der Waals surface area contributed by atoms with Crippen LogP contribution in [0.3, 0.4) is 0 Å². The maximum atomic E-state index is 12.9. The Morgan fingerprint density at radius 3 is 2.37 bits per heavy atom. The van der Waals surface area contributed by atoms with Crippen LogP contribution in [0, 0.1) is 5.92 Å². The number of nitrogens with zero attached hydrogens (tertiary/aromatic N) is 1. The van der Waals surface area contributed by atoms with E-state index >= 15 is 0 Å². The van der Waals surface area contributed by atoms with Crippen molar-refractivity contribution in [2.75, 3.05) is 32.8 Å². The largest absolute Gasteiger partial charge is 0.493 e. The van der Waals surface area contributed by atoms with E-state index in [1.165, 1.54) is 5.56 Å². The van der Waals surface area contributed by atoms with Gasteiger partial charge in [-0.2, -0.15) is 0 Å². The van der Waals surface area contributed by atoms with Crippen molar-refractivity contribution in [2.24, 2.45) is 5.92 Å². The van der Waals surface area contributed by atoms with Crippen molar-refractivity contribution in [2.45, 2.75) is 13.3 Å². The fraction of sp³-hybridized carbons (Fsp3) is 0.318. The normalized spacial score (nSPS) is 16.1. The van der Waals surface area contributed by atoms with E-state index < -0.39 is 0 Å². The number of benzene rings is 2. The Morgan fingerprint density at radius 1 is 1.07 bits per heavy atom. The molecule has 0 saturated heterocycles. The molecule has 1 heterocycles. The Bertz CT molecular complexity index is 834. The highest BCUT2D eigenvalue weighted by Gasteiger charge is 2.24. The molecule has 0 fully saturated rings. The summed E-state index contributed by atoms with van der Waals surface area (Å²) in [5, 5.41) is 0. The Labute approximate surface area is 160 Å². The van der Waals surface area contributed by atoms with Gasteiger partial charge in [0.1, 0.15) is 0 Å². The van der Waals surface area contributed by atoms with Gasteiger partial charge in [0.15, 0.2) is 11.5 Å². The molecular weight excluding hydrogens is 342 g/mol. The number of carbonyl (C=O) groups is 1. The van der Waals surface area contributed by atoms with E-state index in [2.05, 4.69) is 13.0 Å². The van der Waals surface area contributed by atoms with E-state index in [0.717, 1.165) is 24.2 Å². The van der Waals surface area contributed by atoms with Gasteiger partial charge in [0, 0.05) is 18.3 Å². The molecule has 27 heavy (non-hydrogen) atoms. The molecule has 1 amide bonds. The van der Waals surface area contributed by atoms with E-state index in [4.69, 9.17) is 14.2 Å². The number of ether oxygens (including phenoxy) is 3. The number of methoxy groups -OCH3 is 3. The minimum atomic E-state index is -0.0391. The van der Waals surface area contributed by atoms with Crippen molar-refractivity contribution >= 4 is 17.7 Å². The molecular formula is C22H25NO4. The van der Waals surface area contributed by atoms with Crippen LogP contribution in [-0.4, -0.2) is 33.8 Å². The van der Waals surface area contributed by atoms with E-state index in [-0.39, 0.29) is 5.91 Å². The van der Waals surface area contributed by atoms with Gasteiger partial charge < -0.3 is 19.1 Å². The lowest BCUT2D eigenvalue weighted by Gasteiger charge is -2.32. The number of anilines is 1. The summed E-state index contributed by atoms with van der Waals surface area (Å²) in [6.45, 7) is 2.88. The van der Waals surface area contributed by atoms with Gasteiger partial charge in [-0.25, -0.2) is 0 Å². The topological polar surface area (TPSA) is 48.0 Å². The van der Waals surface area contributed by atoms with Gasteiger partial charge in [-0.15, -0.1) is 0 Å². The molecule has 0 saturated carbocycles. The highest BCUT2D eigenvalue weighted by atomic mass is 16.5. The summed E-state index contributed by atoms with van der Waals surface area (Å²) in [6.07, 6.45) is 4.36. The highest BCUT2D eigenvalue weighted by Crippen LogP contribution is 2.38. The van der Waals surface area contributed by atoms with Crippen molar-refractivity contribution in [1.82, 2.24) is 0 Å². The van der Waals surface area contributed by atoms with Gasteiger partial charge in [-0.05, 0) is 47.7 Å². The molecule has 142 valence electrons. The Kier molecular flexibility index (Phi) is 5.69. The summed E-state index contributed by atoms with van der Waals surface area (Å²) in [5.41, 5.74) is 3.01. The van der Waals surface area contributed by atoms with Crippen LogP contribution in [0.25, 0.3) is 6.08 Å². The van der Waals surface area contributed by atoms with Crippen LogP contribution >= 0.6 is 0 Å². The highest BCUT2D eigenvalue weighted by molar-refractivity contribution is 6.04. The molecule has 2 aromatic carbocycles. The van der Waals surface area contributed by atoms with Crippen LogP contribution in [0.1, 0.15) is 18.1 Å². The fourth-order valence-electron chi connectivity index (χ4n) is 3.46. The minimum Gasteiger partial charge on any atom is -0.493 e. The molecule has 1 aliphatic heterocycles. The van der Waals surface area contributed by atoms with Crippen LogP contribution in [0.15, 0.2) is 42.5 Å². The van der Waals surface area contributed by atoms with Gasteiger partial charge in [0.2, 0.25) is 5.75 Å². The third-order valence-corrected chi connectivity index (χ3v) is 4.72. The molecule has 0 aromatic heterocycles. The first-order valence-corrected chi connectivity index (χ1v) is 8.94. The van der Waals surface area contributed by atoms with Crippen LogP contribution in [0.4, 0.5) is 5.69 Å². The van der Waals surface area contributed by atoms with Gasteiger partial charge in [-0.3, -0.25) is 4.79 Å². The molecule has 5 nitrogen and oxygen atoms in total. The first-order valence-electron chi connectivity index (χ1n) is 8.94. The summed E-state index contributed by atoms with van der Waals surface area (Å²) >= 11 is 0. The first kappa shape index (κ1) is 18.8. The SMILES string of the molecule is COc1cc(C=CC(=O)N2CC(C)Cc3ccccc32)cc(OC)c1OC. The predicted octanol–water partition coefficient (Wildman–Crippen LogP) is 3.95. The van der Waals surface area contributed by atoms with Crippen LogP contribution in [0.5, 0.6) is 17.2 Å². The van der Waals surface area contributed by atoms with Crippen molar-refractivity contribution in [3.8, 4) is 17.2 Å². The lowest BCUT2D eigenvalue weighted by Crippen LogP contribution is -2.38. The number of hydrogen-bond donors (Lipinski definition) is 0. The van der Waals surface area contributed by atoms with E-state index in [1.807, 2.05) is 35.2 Å². The zero-order valence-electron chi connectivity index (χ0n) is 16.2. The van der Waals surface area contributed by atoms with Crippen molar-refractivity contribution in [3.63, 3.8) is 0 Å². The average molecular weight is 367 g/mol. The standard InChI is InChI=1S/C22H25NO4/c1-15-11-17-7-5-6-8-18(17)23(14-15)21(24)10-9-16-12-19(25-2)22(27-4)20(13-16)26-3/h5-10,12-13,15H,11,14H2,1-4H3. The number of carbonyl (C=O) groups excluding carboxylic acids is 1. The van der Waals surface area contributed by atoms with Gasteiger partial charge >= 0.3 is 0 Å². The number of para-hydroxylation sites is 1. The fourth-order valence-corrected chi connectivity index (χ4v) is 3.46. The van der Waals surface area contributed by atoms with Crippen molar-refractivity contribution in [1.29, 1.82) is 0 Å². The lowest BCUT2D eigenvalue weighted by atomic mass is 9.94. The zero-order chi connectivity index (χ0) is 19.4. The summed E-state index contributed by atoms with van der Waals surface area (Å²) < 4.78 is 16.1. The second-order valence-electron chi connectivity index (χ2n) is 6.68. The number of rotatable bonds is 5. The molecule has 0 radical (unpaired) electrons. The summed E-state index contributed by atoms with van der Waals surface area (Å²) in [5.74, 6) is 2.03. The Morgan fingerprint density at radius 2 is 1.74 bits per heavy atom. The zero-order valence-corrected chi connectivity index (χ0v) is 16.2. The molecule has 5 heteroatoms. The molecule has 1 atom stereocenters. The molecule has 0 spiro atoms. The number of fused-ring (bicyclic) bond motifs is 1. The molecule has 1 aliphatic rings. The second-order valence-corrected chi connectivity index (χ2v) is 6.68. The monoisotopic (exact) mass is 367 g/mol. The van der Waals surface area contributed by atoms with Gasteiger partial charge in [0.25, 0.3) is 5.91 Å². The summed E-state index contributed by atoms with van der Waals surface area (Å²) in [6, 6.07) is 11.7. The van der Waals surface area contributed by atoms with E-state index in [9.17, 15) is 4.79 Å². The maximum Gasteiger partial charge on any atom is 0.251 e. The first-order chi connectivity index (χ1) is 13.1. The van der Waals surface area contributed by atoms with E-state index in [0.29, 0.717) is 23.2 Å². The van der Waals surface area contributed by atoms with Gasteiger partial charge in [0.05, 0.1) is 21.3 Å². The van der Waals surface area contributed by atoms with Crippen molar-refractivity contribution in [3.05, 3.63) is 53.6 Å². The molecule has 0 aliphatic carbocycles. The summed E-state index contributed by atoms with van der Waals surface area (Å²) in [7, 11) is 4.71. The molecule has 2 aromatic rings. The third kappa shape index (κ3) is 3.92. The molecule has 3 rings (SSSR count). The molecule has 0 N–H and O–H groups in total. The third-order valence-electron chi connectivity index (χ3n) is 4.72. The van der Waals surface area contributed by atoms with Crippen LogP contribution in [0.2, 0.25) is 0 Å². The number of hydrogen-bond acceptors (Lipinski definition) is 4. The smallest absolute Gasteiger partial charge is 0.251 e. The second kappa shape index (κ2) is 8.16. The quantitative estimate of drug-likeness (QED) is 0.751. The number of amides is 1. The van der Waals surface area contributed by atoms with Crippen LogP contribution < -0.4 is 19.1 Å². The molecule has 0 bridgehead atoms. The Balaban J connectivity index is 1.87. The average Bonchev–Trinajstić information content (AvgIpc) is 2.70. The van der Waals surface area contributed by atoms with E-state index in [1.54, 1.807) is 33.5 Å².